The molecule has 0 saturated heterocycles. The molecule has 0 aliphatic heterocycles. The van der Waals surface area contributed by atoms with Crippen LogP contribution in [-0.4, -0.2) is 17.1 Å². The van der Waals surface area contributed by atoms with Crippen molar-refractivity contribution in [2.45, 2.75) is 39.2 Å². The van der Waals surface area contributed by atoms with Gasteiger partial charge in [0.2, 0.25) is 0 Å². The maximum absolute atomic E-state index is 13.3. The lowest BCUT2D eigenvalue weighted by molar-refractivity contribution is 0.101. The molecular formula is C15H21FN2O2. The van der Waals surface area contributed by atoms with Gasteiger partial charge in [-0.2, -0.15) is 0 Å². The van der Waals surface area contributed by atoms with Crippen LogP contribution in [-0.2, 0) is 0 Å². The third-order valence-electron chi connectivity index (χ3n) is 3.75. The summed E-state index contributed by atoms with van der Waals surface area (Å²) in [6, 6.07) is 4.08. The van der Waals surface area contributed by atoms with E-state index in [0.29, 0.717) is 23.1 Å². The minimum Gasteiger partial charge on any atom is -0.490 e. The number of halogens is 1. The lowest BCUT2D eigenvalue weighted by Gasteiger charge is -2.32. The first-order valence-corrected chi connectivity index (χ1v) is 6.93. The van der Waals surface area contributed by atoms with Gasteiger partial charge in [-0.05, 0) is 49.3 Å². The summed E-state index contributed by atoms with van der Waals surface area (Å²) in [5, 5.41) is 11.7. The molecule has 1 aromatic carbocycles. The van der Waals surface area contributed by atoms with Crippen LogP contribution < -0.4 is 10.5 Å². The summed E-state index contributed by atoms with van der Waals surface area (Å²) in [5.41, 5.74) is 5.87. The summed E-state index contributed by atoms with van der Waals surface area (Å²) in [6.07, 6.45) is 3.23. The lowest BCUT2D eigenvalue weighted by atomic mass is 9.82. The van der Waals surface area contributed by atoms with Crippen LogP contribution in [0.2, 0.25) is 0 Å². The molecule has 2 rings (SSSR count). The van der Waals surface area contributed by atoms with Crippen molar-refractivity contribution in [1.29, 1.82) is 0 Å². The van der Waals surface area contributed by atoms with Crippen LogP contribution in [0.25, 0.3) is 0 Å². The predicted octanol–water partition coefficient (Wildman–Crippen LogP) is 3.12. The summed E-state index contributed by atoms with van der Waals surface area (Å²) in [5.74, 6) is 1.10. The predicted molar refractivity (Wildman–Crippen MR) is 75.5 cm³/mol. The van der Waals surface area contributed by atoms with E-state index in [2.05, 4.69) is 19.0 Å². The highest BCUT2D eigenvalue weighted by Gasteiger charge is 2.26. The number of hydrogen-bond donors (Lipinski definition) is 2. The second-order valence-corrected chi connectivity index (χ2v) is 5.78. The fourth-order valence-electron chi connectivity index (χ4n) is 3.01. The Balaban J connectivity index is 2.20. The fourth-order valence-corrected chi connectivity index (χ4v) is 3.01. The molecule has 1 saturated carbocycles. The van der Waals surface area contributed by atoms with E-state index in [0.717, 1.165) is 12.8 Å². The maximum Gasteiger partial charge on any atom is 0.173 e. The van der Waals surface area contributed by atoms with Crippen LogP contribution in [0.15, 0.2) is 23.4 Å². The van der Waals surface area contributed by atoms with E-state index in [1.165, 1.54) is 24.6 Å². The summed E-state index contributed by atoms with van der Waals surface area (Å²) in [6.45, 7) is 4.42. The van der Waals surface area contributed by atoms with Crippen molar-refractivity contribution in [3.8, 4) is 5.75 Å². The molecule has 110 valence electrons. The molecule has 0 radical (unpaired) electrons. The average molecular weight is 280 g/mol. The first-order valence-electron chi connectivity index (χ1n) is 6.93. The van der Waals surface area contributed by atoms with Crippen LogP contribution >= 0.6 is 0 Å². The molecule has 0 spiro atoms. The zero-order valence-corrected chi connectivity index (χ0v) is 11.8. The zero-order chi connectivity index (χ0) is 14.7. The molecule has 1 aromatic rings. The fraction of sp³-hybridized carbons (Fsp3) is 0.533. The quantitative estimate of drug-likeness (QED) is 0.387. The molecule has 4 nitrogen and oxygen atoms in total. The van der Waals surface area contributed by atoms with Gasteiger partial charge in [0, 0.05) is 0 Å². The molecule has 3 N–H and O–H groups in total. The van der Waals surface area contributed by atoms with Gasteiger partial charge in [0.15, 0.2) is 5.84 Å². The number of hydrogen-bond acceptors (Lipinski definition) is 3. The van der Waals surface area contributed by atoms with Gasteiger partial charge in [-0.1, -0.05) is 19.0 Å². The molecule has 0 heterocycles. The molecule has 0 bridgehead atoms. The van der Waals surface area contributed by atoms with Crippen LogP contribution in [0.5, 0.6) is 5.75 Å². The third-order valence-corrected chi connectivity index (χ3v) is 3.75. The average Bonchev–Trinajstić information content (AvgIpc) is 2.38. The highest BCUT2D eigenvalue weighted by molar-refractivity contribution is 5.99. The number of benzene rings is 1. The topological polar surface area (TPSA) is 67.8 Å². The highest BCUT2D eigenvalue weighted by Crippen LogP contribution is 2.32. The maximum atomic E-state index is 13.3. The minimum absolute atomic E-state index is 0.0875. The molecule has 1 aliphatic rings. The molecule has 20 heavy (non-hydrogen) atoms. The lowest BCUT2D eigenvalue weighted by Crippen LogP contribution is -2.29. The summed E-state index contributed by atoms with van der Waals surface area (Å²) in [7, 11) is 0. The number of amidine groups is 1. The van der Waals surface area contributed by atoms with Crippen molar-refractivity contribution in [2.75, 3.05) is 0 Å². The van der Waals surface area contributed by atoms with Crippen molar-refractivity contribution >= 4 is 5.84 Å². The summed E-state index contributed by atoms with van der Waals surface area (Å²) in [4.78, 5) is 0. The second-order valence-electron chi connectivity index (χ2n) is 5.78. The van der Waals surface area contributed by atoms with Crippen molar-refractivity contribution in [3.05, 3.63) is 29.6 Å². The Morgan fingerprint density at radius 1 is 1.30 bits per heavy atom. The Labute approximate surface area is 118 Å². The van der Waals surface area contributed by atoms with Crippen LogP contribution in [0, 0.1) is 17.7 Å². The van der Waals surface area contributed by atoms with Gasteiger partial charge in [0.05, 0.1) is 11.7 Å². The van der Waals surface area contributed by atoms with Gasteiger partial charge in [-0.3, -0.25) is 0 Å². The molecule has 1 fully saturated rings. The summed E-state index contributed by atoms with van der Waals surface area (Å²) >= 11 is 0. The number of nitrogens with zero attached hydrogens (tertiary/aromatic N) is 1. The van der Waals surface area contributed by atoms with Crippen molar-refractivity contribution < 1.29 is 14.3 Å². The molecule has 0 aromatic heterocycles. The van der Waals surface area contributed by atoms with Gasteiger partial charge in [-0.25, -0.2) is 4.39 Å². The molecule has 2 atom stereocenters. The number of oxime groups is 1. The van der Waals surface area contributed by atoms with Gasteiger partial charge < -0.3 is 15.7 Å². The van der Waals surface area contributed by atoms with E-state index in [9.17, 15) is 4.39 Å². The third kappa shape index (κ3) is 3.40. The van der Waals surface area contributed by atoms with E-state index in [4.69, 9.17) is 15.7 Å². The smallest absolute Gasteiger partial charge is 0.173 e. The Bertz CT molecular complexity index is 495. The van der Waals surface area contributed by atoms with Crippen molar-refractivity contribution in [1.82, 2.24) is 0 Å². The molecule has 0 amide bonds. The molecule has 5 heteroatoms. The number of ether oxygens (including phenoxy) is 1. The Kier molecular flexibility index (Phi) is 4.47. The zero-order valence-electron chi connectivity index (χ0n) is 11.8. The first-order chi connectivity index (χ1) is 9.49. The van der Waals surface area contributed by atoms with Crippen molar-refractivity contribution in [2.24, 2.45) is 22.7 Å². The molecule has 1 aliphatic carbocycles. The Morgan fingerprint density at radius 3 is 2.55 bits per heavy atom. The van der Waals surface area contributed by atoms with E-state index in [-0.39, 0.29) is 11.9 Å². The normalized spacial score (nSPS) is 27.4. The van der Waals surface area contributed by atoms with Gasteiger partial charge >= 0.3 is 0 Å². The summed E-state index contributed by atoms with van der Waals surface area (Å²) < 4.78 is 19.3. The van der Waals surface area contributed by atoms with Gasteiger partial charge in [-0.15, -0.1) is 0 Å². The largest absolute Gasteiger partial charge is 0.490 e. The Morgan fingerprint density at radius 2 is 1.95 bits per heavy atom. The second kappa shape index (κ2) is 6.11. The number of nitrogens with two attached hydrogens (primary N) is 1. The first kappa shape index (κ1) is 14.6. The van der Waals surface area contributed by atoms with Crippen LogP contribution in [0.3, 0.4) is 0 Å². The van der Waals surface area contributed by atoms with E-state index in [1.54, 1.807) is 0 Å². The molecule has 2 unspecified atom stereocenters. The van der Waals surface area contributed by atoms with Gasteiger partial charge in [0.25, 0.3) is 0 Å². The van der Waals surface area contributed by atoms with Crippen LogP contribution in [0.4, 0.5) is 4.39 Å². The SMILES string of the molecule is CC1CC(C)CC(Oc2ccc(F)cc2C(N)=NO)C1. The van der Waals surface area contributed by atoms with E-state index >= 15 is 0 Å². The van der Waals surface area contributed by atoms with Crippen molar-refractivity contribution in [3.63, 3.8) is 0 Å². The molecular weight excluding hydrogens is 259 g/mol. The van der Waals surface area contributed by atoms with E-state index in [1.807, 2.05) is 0 Å². The van der Waals surface area contributed by atoms with E-state index < -0.39 is 5.82 Å². The van der Waals surface area contributed by atoms with Gasteiger partial charge in [0.1, 0.15) is 11.6 Å². The Hall–Kier alpha value is -1.78. The number of rotatable bonds is 3. The standard InChI is InChI=1S/C15H21FN2O2/c1-9-5-10(2)7-12(6-9)20-14-4-3-11(16)8-13(14)15(17)18-19/h3-4,8-10,12,19H,5-7H2,1-2H3,(H2,17,18). The monoisotopic (exact) mass is 280 g/mol. The van der Waals surface area contributed by atoms with Crippen LogP contribution in [0.1, 0.15) is 38.7 Å². The minimum atomic E-state index is -0.440. The highest BCUT2D eigenvalue weighted by atomic mass is 19.1.